The van der Waals surface area contributed by atoms with Crippen LogP contribution >= 0.6 is 0 Å². The minimum atomic E-state index is -0.313. The fraction of sp³-hybridized carbons (Fsp3) is 0.417. The van der Waals surface area contributed by atoms with Gasteiger partial charge in [0.1, 0.15) is 0 Å². The van der Waals surface area contributed by atoms with Gasteiger partial charge in [-0.1, -0.05) is 26.8 Å². The van der Waals surface area contributed by atoms with Gasteiger partial charge in [-0.2, -0.15) is 0 Å². The Balaban J connectivity index is 3.08. The minimum Gasteiger partial charge on any atom is -0.465 e. The van der Waals surface area contributed by atoms with Crippen molar-refractivity contribution in [1.82, 2.24) is 0 Å². The highest BCUT2D eigenvalue weighted by molar-refractivity contribution is 5.89. The van der Waals surface area contributed by atoms with E-state index in [1.807, 2.05) is 12.1 Å². The summed E-state index contributed by atoms with van der Waals surface area (Å²) in [7, 11) is 1.38. The zero-order valence-corrected chi connectivity index (χ0v) is 9.05. The van der Waals surface area contributed by atoms with Crippen molar-refractivity contribution < 1.29 is 9.53 Å². The molecule has 0 saturated carbocycles. The van der Waals surface area contributed by atoms with Gasteiger partial charge in [0.2, 0.25) is 0 Å². The number of hydrogen-bond donors (Lipinski definition) is 0. The van der Waals surface area contributed by atoms with E-state index in [2.05, 4.69) is 31.6 Å². The third-order valence-corrected chi connectivity index (χ3v) is 2.08. The molecule has 0 N–H and O–H groups in total. The van der Waals surface area contributed by atoms with Gasteiger partial charge in [-0.25, -0.2) is 4.79 Å². The van der Waals surface area contributed by atoms with Crippen molar-refractivity contribution in [2.24, 2.45) is 0 Å². The fourth-order valence-electron chi connectivity index (χ4n) is 1.14. The molecule has 2 heteroatoms. The van der Waals surface area contributed by atoms with Crippen molar-refractivity contribution in [2.45, 2.75) is 26.2 Å². The number of hydrogen-bond acceptors (Lipinski definition) is 2. The summed E-state index contributed by atoms with van der Waals surface area (Å²) in [4.78, 5) is 11.3. The van der Waals surface area contributed by atoms with Gasteiger partial charge in [-0.15, -0.1) is 0 Å². The van der Waals surface area contributed by atoms with Gasteiger partial charge >= 0.3 is 5.97 Å². The van der Waals surface area contributed by atoms with Crippen LogP contribution in [0.15, 0.2) is 18.2 Å². The molecule has 75 valence electrons. The number of carbonyl (C=O) groups is 1. The van der Waals surface area contributed by atoms with Gasteiger partial charge in [0.25, 0.3) is 0 Å². The monoisotopic (exact) mass is 191 g/mol. The van der Waals surface area contributed by atoms with Crippen molar-refractivity contribution >= 4 is 5.97 Å². The first kappa shape index (κ1) is 10.8. The maximum Gasteiger partial charge on any atom is 0.337 e. The van der Waals surface area contributed by atoms with Crippen LogP contribution in [0.1, 0.15) is 36.7 Å². The fourth-order valence-corrected chi connectivity index (χ4v) is 1.14. The molecule has 1 radical (unpaired) electrons. The summed E-state index contributed by atoms with van der Waals surface area (Å²) >= 11 is 0. The Hall–Kier alpha value is -1.31. The standard InChI is InChI=1S/C12H15O2/c1-12(2,3)10-7-5-6-9(8-10)11(13)14-4/h6-8H,1-4H3. The van der Waals surface area contributed by atoms with E-state index >= 15 is 0 Å². The molecule has 0 fully saturated rings. The zero-order valence-electron chi connectivity index (χ0n) is 9.05. The lowest BCUT2D eigenvalue weighted by Gasteiger charge is -2.19. The maximum atomic E-state index is 11.3. The van der Waals surface area contributed by atoms with Crippen LogP contribution in [0.2, 0.25) is 0 Å². The maximum absolute atomic E-state index is 11.3. The summed E-state index contributed by atoms with van der Waals surface area (Å²) in [6.07, 6.45) is 0. The molecular formula is C12H15O2. The Labute approximate surface area is 84.9 Å². The van der Waals surface area contributed by atoms with Crippen molar-refractivity contribution in [3.8, 4) is 0 Å². The van der Waals surface area contributed by atoms with Crippen LogP contribution in [-0.4, -0.2) is 13.1 Å². The number of carbonyl (C=O) groups excluding carboxylic acids is 1. The highest BCUT2D eigenvalue weighted by Gasteiger charge is 2.15. The molecule has 0 saturated heterocycles. The van der Waals surface area contributed by atoms with Crippen molar-refractivity contribution in [1.29, 1.82) is 0 Å². The molecule has 1 rings (SSSR count). The van der Waals surface area contributed by atoms with Gasteiger partial charge < -0.3 is 4.74 Å². The highest BCUT2D eigenvalue weighted by atomic mass is 16.5. The summed E-state index contributed by atoms with van der Waals surface area (Å²) in [5.41, 5.74) is 1.67. The van der Waals surface area contributed by atoms with E-state index in [0.29, 0.717) is 5.56 Å². The van der Waals surface area contributed by atoms with Crippen LogP contribution in [0.4, 0.5) is 0 Å². The second-order valence-corrected chi connectivity index (χ2v) is 4.25. The van der Waals surface area contributed by atoms with E-state index in [9.17, 15) is 4.79 Å². The molecule has 0 spiro atoms. The van der Waals surface area contributed by atoms with Crippen LogP contribution < -0.4 is 0 Å². The number of rotatable bonds is 1. The molecule has 1 aromatic rings. The lowest BCUT2D eigenvalue weighted by atomic mass is 9.86. The van der Waals surface area contributed by atoms with Gasteiger partial charge in [0.05, 0.1) is 12.7 Å². The Morgan fingerprint density at radius 2 is 2.00 bits per heavy atom. The van der Waals surface area contributed by atoms with Crippen molar-refractivity contribution in [3.05, 3.63) is 35.4 Å². The van der Waals surface area contributed by atoms with E-state index in [1.54, 1.807) is 6.07 Å². The Morgan fingerprint density at radius 1 is 1.36 bits per heavy atom. The van der Waals surface area contributed by atoms with Gasteiger partial charge in [-0.3, -0.25) is 0 Å². The van der Waals surface area contributed by atoms with Crippen molar-refractivity contribution in [3.63, 3.8) is 0 Å². The van der Waals surface area contributed by atoms with Crippen LogP contribution in [0.3, 0.4) is 0 Å². The predicted molar refractivity (Wildman–Crippen MR) is 55.3 cm³/mol. The van der Waals surface area contributed by atoms with Gasteiger partial charge in [0.15, 0.2) is 0 Å². The molecule has 0 amide bonds. The number of ether oxygens (including phenoxy) is 1. The summed E-state index contributed by atoms with van der Waals surface area (Å²) in [6, 6.07) is 8.34. The molecule has 14 heavy (non-hydrogen) atoms. The molecule has 0 aliphatic heterocycles. The SMILES string of the molecule is COC(=O)c1c[c]cc(C(C)(C)C)c1. The van der Waals surface area contributed by atoms with Crippen LogP contribution in [0, 0.1) is 6.07 Å². The number of benzene rings is 1. The van der Waals surface area contributed by atoms with E-state index in [4.69, 9.17) is 0 Å². The Morgan fingerprint density at radius 3 is 2.50 bits per heavy atom. The molecule has 0 heterocycles. The average Bonchev–Trinajstić information content (AvgIpc) is 2.15. The molecule has 1 aromatic carbocycles. The third-order valence-electron chi connectivity index (χ3n) is 2.08. The number of methoxy groups -OCH3 is 1. The Kier molecular flexibility index (Phi) is 2.94. The predicted octanol–water partition coefficient (Wildman–Crippen LogP) is 2.57. The molecule has 0 aliphatic carbocycles. The summed E-state index contributed by atoms with van der Waals surface area (Å²) in [6.45, 7) is 6.28. The second kappa shape index (κ2) is 3.82. The lowest BCUT2D eigenvalue weighted by Crippen LogP contribution is -2.12. The molecule has 0 bridgehead atoms. The summed E-state index contributed by atoms with van der Waals surface area (Å²) in [5, 5.41) is 0. The third kappa shape index (κ3) is 2.34. The average molecular weight is 191 g/mol. The molecule has 0 atom stereocenters. The van der Waals surface area contributed by atoms with Gasteiger partial charge in [-0.05, 0) is 29.2 Å². The number of esters is 1. The van der Waals surface area contributed by atoms with Crippen molar-refractivity contribution in [2.75, 3.05) is 7.11 Å². The van der Waals surface area contributed by atoms with Crippen LogP contribution in [0.25, 0.3) is 0 Å². The lowest BCUT2D eigenvalue weighted by molar-refractivity contribution is 0.0600. The molecule has 0 aliphatic rings. The summed E-state index contributed by atoms with van der Waals surface area (Å²) in [5.74, 6) is -0.313. The first-order valence-corrected chi connectivity index (χ1v) is 4.55. The normalized spacial score (nSPS) is 11.1. The quantitative estimate of drug-likeness (QED) is 0.638. The molecule has 0 aromatic heterocycles. The zero-order chi connectivity index (χ0) is 10.8. The van der Waals surface area contributed by atoms with E-state index in [-0.39, 0.29) is 11.4 Å². The van der Waals surface area contributed by atoms with E-state index in [0.717, 1.165) is 5.56 Å². The van der Waals surface area contributed by atoms with E-state index in [1.165, 1.54) is 7.11 Å². The first-order chi connectivity index (χ1) is 6.45. The topological polar surface area (TPSA) is 26.3 Å². The van der Waals surface area contributed by atoms with E-state index < -0.39 is 0 Å². The summed E-state index contributed by atoms with van der Waals surface area (Å²) < 4.78 is 4.64. The molecule has 2 nitrogen and oxygen atoms in total. The Bertz CT molecular complexity index is 334. The second-order valence-electron chi connectivity index (χ2n) is 4.25. The smallest absolute Gasteiger partial charge is 0.337 e. The highest BCUT2D eigenvalue weighted by Crippen LogP contribution is 2.22. The first-order valence-electron chi connectivity index (χ1n) is 4.55. The van der Waals surface area contributed by atoms with Gasteiger partial charge in [0, 0.05) is 0 Å². The van der Waals surface area contributed by atoms with Crippen LogP contribution in [0.5, 0.6) is 0 Å². The molecular weight excluding hydrogens is 176 g/mol. The molecule has 0 unspecified atom stereocenters. The van der Waals surface area contributed by atoms with Crippen LogP contribution in [-0.2, 0) is 10.2 Å². The largest absolute Gasteiger partial charge is 0.465 e. The minimum absolute atomic E-state index is 0.0283.